The van der Waals surface area contributed by atoms with E-state index >= 15 is 0 Å². The van der Waals surface area contributed by atoms with Crippen LogP contribution in [0.15, 0.2) is 48.5 Å². The van der Waals surface area contributed by atoms with Crippen LogP contribution in [0.3, 0.4) is 0 Å². The van der Waals surface area contributed by atoms with Gasteiger partial charge in [0.05, 0.1) is 0 Å². The highest BCUT2D eigenvalue weighted by Gasteiger charge is 2.24. The summed E-state index contributed by atoms with van der Waals surface area (Å²) in [5, 5.41) is 0.634. The molecule has 1 N–H and O–H groups in total. The molecule has 0 atom stereocenters. The number of H-pyrrole nitrogens is 1. The van der Waals surface area contributed by atoms with Crippen LogP contribution in [0.5, 0.6) is 11.5 Å². The van der Waals surface area contributed by atoms with Gasteiger partial charge in [-0.3, -0.25) is 9.69 Å². The number of carbonyl (C=O) groups is 1. The fourth-order valence-corrected chi connectivity index (χ4v) is 4.60. The number of hydrogen-bond donors (Lipinski definition) is 1. The number of aromatic amines is 1. The first-order valence-corrected chi connectivity index (χ1v) is 11.9. The van der Waals surface area contributed by atoms with Crippen molar-refractivity contribution in [3.8, 4) is 11.5 Å². The lowest BCUT2D eigenvalue weighted by molar-refractivity contribution is -0.0504. The molecule has 0 spiro atoms. The van der Waals surface area contributed by atoms with Crippen LogP contribution in [0.2, 0.25) is 0 Å². The van der Waals surface area contributed by atoms with Crippen LogP contribution in [-0.4, -0.2) is 60.1 Å². The molecule has 6 nitrogen and oxygen atoms in total. The number of carbonyl (C=O) groups excluding carboxylic acids is 1. The van der Waals surface area contributed by atoms with Crippen molar-refractivity contribution in [2.24, 2.45) is 5.92 Å². The van der Waals surface area contributed by atoms with Gasteiger partial charge in [-0.1, -0.05) is 12.1 Å². The molecular formula is C26H29F4N3O3. The number of nitrogens with zero attached hydrogens (tertiary/aromatic N) is 2. The number of amides is 1. The SMILES string of the molecule is CCN(CC1CCN(Cc2ccc(OC(F)F)cc2)CC1)C(=O)c1cc2cc(OC(F)F)ccc2[nH]1. The van der Waals surface area contributed by atoms with Crippen molar-refractivity contribution >= 4 is 16.8 Å². The van der Waals surface area contributed by atoms with Crippen LogP contribution in [0.4, 0.5) is 17.6 Å². The second-order valence-corrected chi connectivity index (χ2v) is 8.90. The van der Waals surface area contributed by atoms with Crippen LogP contribution in [0.25, 0.3) is 10.9 Å². The number of likely N-dealkylation sites (tertiary alicyclic amines) is 1. The number of piperidine rings is 1. The van der Waals surface area contributed by atoms with Crippen molar-refractivity contribution in [1.29, 1.82) is 0 Å². The van der Waals surface area contributed by atoms with Gasteiger partial charge in [-0.05, 0) is 80.7 Å². The maximum atomic E-state index is 13.2. The predicted molar refractivity (Wildman–Crippen MR) is 128 cm³/mol. The van der Waals surface area contributed by atoms with Crippen molar-refractivity contribution in [3.05, 3.63) is 59.8 Å². The van der Waals surface area contributed by atoms with Crippen LogP contribution >= 0.6 is 0 Å². The van der Waals surface area contributed by atoms with E-state index in [9.17, 15) is 22.4 Å². The third-order valence-electron chi connectivity index (χ3n) is 6.46. The molecule has 1 amide bonds. The van der Waals surface area contributed by atoms with E-state index in [-0.39, 0.29) is 17.4 Å². The monoisotopic (exact) mass is 507 g/mol. The number of ether oxygens (including phenoxy) is 2. The van der Waals surface area contributed by atoms with Gasteiger partial charge in [0.25, 0.3) is 5.91 Å². The second kappa shape index (κ2) is 11.6. The lowest BCUT2D eigenvalue weighted by Crippen LogP contribution is -2.40. The Labute approximate surface area is 206 Å². The fourth-order valence-electron chi connectivity index (χ4n) is 4.60. The summed E-state index contributed by atoms with van der Waals surface area (Å²) in [7, 11) is 0. The molecule has 1 aliphatic heterocycles. The van der Waals surface area contributed by atoms with E-state index < -0.39 is 13.2 Å². The molecule has 36 heavy (non-hydrogen) atoms. The molecule has 1 aliphatic rings. The molecule has 1 saturated heterocycles. The van der Waals surface area contributed by atoms with Crippen LogP contribution in [0, 0.1) is 5.92 Å². The van der Waals surface area contributed by atoms with Crippen molar-refractivity contribution in [2.45, 2.75) is 39.5 Å². The standard InChI is InChI=1S/C26H29F4N3O3/c1-2-33(24(34)23-14-19-13-21(36-26(29)30)7-8-22(19)31-23)16-18-9-11-32(12-10-18)15-17-3-5-20(6-4-17)35-25(27)28/h3-8,13-14,18,25-26,31H,2,9-12,15-16H2,1H3. The van der Waals surface area contributed by atoms with E-state index in [1.807, 2.05) is 11.8 Å². The Morgan fingerprint density at radius 2 is 1.64 bits per heavy atom. The van der Waals surface area contributed by atoms with Gasteiger partial charge in [-0.25, -0.2) is 0 Å². The minimum atomic E-state index is -2.91. The highest BCUT2D eigenvalue weighted by molar-refractivity contribution is 5.98. The van der Waals surface area contributed by atoms with E-state index in [1.165, 1.54) is 12.1 Å². The molecule has 0 saturated carbocycles. The smallest absolute Gasteiger partial charge is 0.387 e. The third-order valence-corrected chi connectivity index (χ3v) is 6.46. The zero-order valence-corrected chi connectivity index (χ0v) is 19.9. The average Bonchev–Trinajstić information content (AvgIpc) is 3.27. The molecule has 1 fully saturated rings. The van der Waals surface area contributed by atoms with Gasteiger partial charge in [-0.2, -0.15) is 17.6 Å². The molecule has 3 aromatic rings. The Hall–Kier alpha value is -3.27. The van der Waals surface area contributed by atoms with Crippen molar-refractivity contribution in [3.63, 3.8) is 0 Å². The number of halogens is 4. The van der Waals surface area contributed by atoms with Crippen LogP contribution in [-0.2, 0) is 6.54 Å². The van der Waals surface area contributed by atoms with Gasteiger partial charge in [0.15, 0.2) is 0 Å². The molecule has 2 heterocycles. The first-order valence-electron chi connectivity index (χ1n) is 11.9. The Morgan fingerprint density at radius 1 is 1.00 bits per heavy atom. The van der Waals surface area contributed by atoms with Gasteiger partial charge in [0, 0.05) is 30.5 Å². The summed E-state index contributed by atoms with van der Waals surface area (Å²) in [6, 6.07) is 12.9. The summed E-state index contributed by atoms with van der Waals surface area (Å²) in [6.45, 7) is -0.121. The number of rotatable bonds is 10. The number of hydrogen-bond acceptors (Lipinski definition) is 4. The fraction of sp³-hybridized carbons (Fsp3) is 0.423. The third kappa shape index (κ3) is 6.69. The van der Waals surface area contributed by atoms with E-state index in [4.69, 9.17) is 0 Å². The quantitative estimate of drug-likeness (QED) is 0.356. The minimum absolute atomic E-state index is 0.0482. The first kappa shape index (κ1) is 25.8. The zero-order chi connectivity index (χ0) is 25.7. The Balaban J connectivity index is 1.30. The number of nitrogens with one attached hydrogen (secondary N) is 1. The Morgan fingerprint density at radius 3 is 2.28 bits per heavy atom. The van der Waals surface area contributed by atoms with Gasteiger partial charge >= 0.3 is 13.2 Å². The summed E-state index contributed by atoms with van der Waals surface area (Å²) in [6.07, 6.45) is 1.88. The largest absolute Gasteiger partial charge is 0.435 e. The highest BCUT2D eigenvalue weighted by Crippen LogP contribution is 2.25. The van der Waals surface area contributed by atoms with Crippen molar-refractivity contribution in [2.75, 3.05) is 26.2 Å². The molecule has 194 valence electrons. The molecule has 0 radical (unpaired) electrons. The predicted octanol–water partition coefficient (Wildman–Crippen LogP) is 5.75. The number of fused-ring (bicyclic) bond motifs is 1. The first-order chi connectivity index (χ1) is 17.3. The van der Waals surface area contributed by atoms with Gasteiger partial charge in [0.2, 0.25) is 0 Å². The van der Waals surface area contributed by atoms with Gasteiger partial charge in [-0.15, -0.1) is 0 Å². The van der Waals surface area contributed by atoms with Crippen LogP contribution < -0.4 is 9.47 Å². The second-order valence-electron chi connectivity index (χ2n) is 8.90. The maximum Gasteiger partial charge on any atom is 0.387 e. The Kier molecular flexibility index (Phi) is 8.35. The minimum Gasteiger partial charge on any atom is -0.435 e. The van der Waals surface area contributed by atoms with Crippen LogP contribution in [0.1, 0.15) is 35.8 Å². The molecule has 0 bridgehead atoms. The number of alkyl halides is 4. The lowest BCUT2D eigenvalue weighted by Gasteiger charge is -2.34. The summed E-state index contributed by atoms with van der Waals surface area (Å²) < 4.78 is 58.4. The van der Waals surface area contributed by atoms with E-state index in [1.54, 1.807) is 36.4 Å². The molecule has 0 unspecified atom stereocenters. The van der Waals surface area contributed by atoms with E-state index in [0.29, 0.717) is 35.6 Å². The topological polar surface area (TPSA) is 57.8 Å². The summed E-state index contributed by atoms with van der Waals surface area (Å²) in [4.78, 5) is 20.4. The van der Waals surface area contributed by atoms with E-state index in [2.05, 4.69) is 19.4 Å². The summed E-state index contributed by atoms with van der Waals surface area (Å²) in [5.74, 6) is 0.432. The Bertz CT molecular complexity index is 1150. The maximum absolute atomic E-state index is 13.2. The average molecular weight is 508 g/mol. The molecule has 0 aliphatic carbocycles. The number of aromatic nitrogens is 1. The van der Waals surface area contributed by atoms with Crippen molar-refractivity contribution in [1.82, 2.24) is 14.8 Å². The van der Waals surface area contributed by atoms with Crippen molar-refractivity contribution < 1.29 is 31.8 Å². The summed E-state index contributed by atoms with van der Waals surface area (Å²) >= 11 is 0. The van der Waals surface area contributed by atoms with E-state index in [0.717, 1.165) is 38.0 Å². The summed E-state index contributed by atoms with van der Waals surface area (Å²) in [5.41, 5.74) is 2.12. The molecule has 10 heteroatoms. The zero-order valence-electron chi connectivity index (χ0n) is 19.9. The molecular weight excluding hydrogens is 478 g/mol. The lowest BCUT2D eigenvalue weighted by atomic mass is 9.95. The van der Waals surface area contributed by atoms with Gasteiger partial charge < -0.3 is 19.4 Å². The molecule has 1 aromatic heterocycles. The van der Waals surface area contributed by atoms with Gasteiger partial charge in [0.1, 0.15) is 17.2 Å². The normalized spacial score (nSPS) is 15.1. The highest BCUT2D eigenvalue weighted by atomic mass is 19.3. The molecule has 2 aromatic carbocycles. The number of benzene rings is 2. The molecule has 4 rings (SSSR count).